The Balaban J connectivity index is 1.87. The Morgan fingerprint density at radius 3 is 3.06 bits per heavy atom. The van der Waals surface area contributed by atoms with E-state index in [-0.39, 0.29) is 11.9 Å². The maximum Gasteiger partial charge on any atom is 0.258 e. The Morgan fingerprint density at radius 2 is 2.28 bits per heavy atom. The third-order valence-corrected chi connectivity index (χ3v) is 2.50. The van der Waals surface area contributed by atoms with Crippen LogP contribution in [0.3, 0.4) is 0 Å². The zero-order valence-corrected chi connectivity index (χ0v) is 9.56. The van der Waals surface area contributed by atoms with E-state index in [0.29, 0.717) is 11.4 Å². The Kier molecular flexibility index (Phi) is 2.30. The molecule has 1 aromatic carbocycles. The average molecular weight is 242 g/mol. The molecule has 2 aromatic heterocycles. The topological polar surface area (TPSA) is 99.3 Å². The first-order valence-corrected chi connectivity index (χ1v) is 5.36. The molecule has 3 N–H and O–H groups in total. The summed E-state index contributed by atoms with van der Waals surface area (Å²) in [5.41, 5.74) is 2.16. The van der Waals surface area contributed by atoms with Crippen LogP contribution in [-0.4, -0.2) is 31.1 Å². The maximum atomic E-state index is 11.9. The molecule has 7 heteroatoms. The molecule has 3 rings (SSSR count). The van der Waals surface area contributed by atoms with Gasteiger partial charge in [-0.05, 0) is 25.1 Å². The Hall–Kier alpha value is -2.70. The molecule has 0 saturated heterocycles. The van der Waals surface area contributed by atoms with E-state index < -0.39 is 0 Å². The molecule has 0 atom stereocenters. The van der Waals surface area contributed by atoms with E-state index in [9.17, 15) is 4.79 Å². The van der Waals surface area contributed by atoms with E-state index >= 15 is 0 Å². The lowest BCUT2D eigenvalue weighted by Crippen LogP contribution is -2.12. The second kappa shape index (κ2) is 3.95. The maximum absolute atomic E-state index is 11.9. The van der Waals surface area contributed by atoms with E-state index in [4.69, 9.17) is 0 Å². The third kappa shape index (κ3) is 1.81. The van der Waals surface area contributed by atoms with Gasteiger partial charge < -0.3 is 4.98 Å². The van der Waals surface area contributed by atoms with Gasteiger partial charge in [-0.25, -0.2) is 4.98 Å². The number of amides is 1. The van der Waals surface area contributed by atoms with Crippen LogP contribution < -0.4 is 5.32 Å². The van der Waals surface area contributed by atoms with Crippen LogP contribution in [0.4, 0.5) is 5.95 Å². The number of H-pyrrole nitrogens is 2. The van der Waals surface area contributed by atoms with Crippen molar-refractivity contribution < 1.29 is 4.79 Å². The Labute approximate surface area is 102 Å². The molecule has 3 aromatic rings. The van der Waals surface area contributed by atoms with Crippen LogP contribution in [0.5, 0.6) is 0 Å². The highest BCUT2D eigenvalue weighted by atomic mass is 16.1. The highest BCUT2D eigenvalue weighted by molar-refractivity contribution is 6.05. The van der Waals surface area contributed by atoms with Crippen molar-refractivity contribution in [1.82, 2.24) is 25.1 Å². The number of aryl methyl sites for hydroxylation is 1. The van der Waals surface area contributed by atoms with Crippen molar-refractivity contribution in [3.05, 3.63) is 35.9 Å². The normalized spacial score (nSPS) is 10.7. The van der Waals surface area contributed by atoms with Gasteiger partial charge in [-0.3, -0.25) is 15.2 Å². The summed E-state index contributed by atoms with van der Waals surface area (Å²) in [4.78, 5) is 23.0. The van der Waals surface area contributed by atoms with Gasteiger partial charge in [-0.15, -0.1) is 5.10 Å². The molecule has 0 spiro atoms. The van der Waals surface area contributed by atoms with Crippen molar-refractivity contribution in [2.75, 3.05) is 5.32 Å². The average Bonchev–Trinajstić information content (AvgIpc) is 2.96. The van der Waals surface area contributed by atoms with Crippen molar-refractivity contribution in [1.29, 1.82) is 0 Å². The quantitative estimate of drug-likeness (QED) is 0.629. The number of aromatic amines is 2. The fraction of sp³-hybridized carbons (Fsp3) is 0.0909. The number of rotatable bonds is 2. The second-order valence-electron chi connectivity index (χ2n) is 3.83. The molecule has 18 heavy (non-hydrogen) atoms. The second-order valence-corrected chi connectivity index (χ2v) is 3.83. The van der Waals surface area contributed by atoms with Gasteiger partial charge in [-0.1, -0.05) is 0 Å². The Bertz CT molecular complexity index is 713. The van der Waals surface area contributed by atoms with Gasteiger partial charge in [0.05, 0.1) is 17.4 Å². The van der Waals surface area contributed by atoms with Gasteiger partial charge in [0.25, 0.3) is 5.91 Å². The molecule has 0 radical (unpaired) electrons. The standard InChI is InChI=1S/C11H10N6O/c1-6-14-11(17-16-6)15-10(18)7-2-3-8-9(4-7)13-5-12-8/h2-5H,1H3,(H,12,13)(H2,14,15,16,17,18). The van der Waals surface area contributed by atoms with Crippen LogP contribution in [0.25, 0.3) is 11.0 Å². The predicted molar refractivity (Wildman–Crippen MR) is 65.2 cm³/mol. The number of carbonyl (C=O) groups excluding carboxylic acids is 1. The molecule has 0 fully saturated rings. The number of carbonyl (C=O) groups is 1. The molecule has 0 aliphatic carbocycles. The summed E-state index contributed by atoms with van der Waals surface area (Å²) in [6.07, 6.45) is 1.59. The van der Waals surface area contributed by atoms with Crippen LogP contribution >= 0.6 is 0 Å². The van der Waals surface area contributed by atoms with E-state index in [0.717, 1.165) is 11.0 Å². The van der Waals surface area contributed by atoms with Gasteiger partial charge in [0.15, 0.2) is 0 Å². The van der Waals surface area contributed by atoms with Gasteiger partial charge in [-0.2, -0.15) is 4.98 Å². The van der Waals surface area contributed by atoms with Crippen LogP contribution in [0.1, 0.15) is 16.2 Å². The van der Waals surface area contributed by atoms with Gasteiger partial charge in [0.1, 0.15) is 5.82 Å². The Morgan fingerprint density at radius 1 is 1.39 bits per heavy atom. The van der Waals surface area contributed by atoms with Crippen LogP contribution in [0, 0.1) is 6.92 Å². The van der Waals surface area contributed by atoms with E-state index in [1.807, 2.05) is 0 Å². The minimum Gasteiger partial charge on any atom is -0.345 e. The van der Waals surface area contributed by atoms with Crippen molar-refractivity contribution >= 4 is 22.9 Å². The summed E-state index contributed by atoms with van der Waals surface area (Å²) in [6.45, 7) is 1.76. The van der Waals surface area contributed by atoms with Crippen molar-refractivity contribution in [2.24, 2.45) is 0 Å². The molecule has 7 nitrogen and oxygen atoms in total. The van der Waals surface area contributed by atoms with Crippen molar-refractivity contribution in [3.63, 3.8) is 0 Å². The van der Waals surface area contributed by atoms with Crippen LogP contribution in [0.15, 0.2) is 24.5 Å². The molecule has 0 unspecified atom stereocenters. The third-order valence-electron chi connectivity index (χ3n) is 2.50. The molecule has 0 saturated carbocycles. The number of imidazole rings is 1. The zero-order chi connectivity index (χ0) is 12.5. The largest absolute Gasteiger partial charge is 0.345 e. The highest BCUT2D eigenvalue weighted by Crippen LogP contribution is 2.12. The van der Waals surface area contributed by atoms with Gasteiger partial charge >= 0.3 is 0 Å². The lowest BCUT2D eigenvalue weighted by atomic mass is 10.2. The number of hydrogen-bond donors (Lipinski definition) is 3. The summed E-state index contributed by atoms with van der Waals surface area (Å²) in [6, 6.07) is 5.22. The van der Waals surface area contributed by atoms with Crippen LogP contribution in [-0.2, 0) is 0 Å². The number of aromatic nitrogens is 5. The summed E-state index contributed by atoms with van der Waals surface area (Å²) in [5.74, 6) is 0.655. The van der Waals surface area contributed by atoms with Gasteiger partial charge in [0, 0.05) is 5.56 Å². The van der Waals surface area contributed by atoms with E-state index in [1.165, 1.54) is 0 Å². The molecule has 2 heterocycles. The van der Waals surface area contributed by atoms with E-state index in [1.54, 1.807) is 31.5 Å². The number of benzene rings is 1. The first-order valence-electron chi connectivity index (χ1n) is 5.36. The van der Waals surface area contributed by atoms with Crippen molar-refractivity contribution in [2.45, 2.75) is 6.92 Å². The fourth-order valence-electron chi connectivity index (χ4n) is 1.65. The number of hydrogen-bond acceptors (Lipinski definition) is 4. The molecular formula is C11H10N6O. The number of nitrogens with one attached hydrogen (secondary N) is 3. The summed E-state index contributed by atoms with van der Waals surface area (Å²) >= 11 is 0. The minimum absolute atomic E-state index is 0.259. The highest BCUT2D eigenvalue weighted by Gasteiger charge is 2.10. The SMILES string of the molecule is Cc1nc(NC(=O)c2ccc3nc[nH]c3c2)n[nH]1. The first-order chi connectivity index (χ1) is 8.72. The number of fused-ring (bicyclic) bond motifs is 1. The minimum atomic E-state index is -0.259. The van der Waals surface area contributed by atoms with Crippen LogP contribution in [0.2, 0.25) is 0 Å². The fourth-order valence-corrected chi connectivity index (χ4v) is 1.65. The lowest BCUT2D eigenvalue weighted by Gasteiger charge is -2.00. The monoisotopic (exact) mass is 242 g/mol. The van der Waals surface area contributed by atoms with E-state index in [2.05, 4.69) is 30.5 Å². The summed E-state index contributed by atoms with van der Waals surface area (Å²) in [7, 11) is 0. The molecule has 0 bridgehead atoms. The summed E-state index contributed by atoms with van der Waals surface area (Å²) in [5, 5.41) is 9.11. The number of nitrogens with zero attached hydrogens (tertiary/aromatic N) is 3. The number of anilines is 1. The van der Waals surface area contributed by atoms with Crippen molar-refractivity contribution in [3.8, 4) is 0 Å². The molecule has 1 amide bonds. The lowest BCUT2D eigenvalue weighted by molar-refractivity contribution is 0.102. The molecule has 90 valence electrons. The molecule has 0 aliphatic heterocycles. The van der Waals surface area contributed by atoms with Gasteiger partial charge in [0.2, 0.25) is 5.95 Å². The predicted octanol–water partition coefficient (Wildman–Crippen LogP) is 1.24. The smallest absolute Gasteiger partial charge is 0.258 e. The summed E-state index contributed by atoms with van der Waals surface area (Å²) < 4.78 is 0. The molecule has 0 aliphatic rings. The first kappa shape index (κ1) is 10.5. The zero-order valence-electron chi connectivity index (χ0n) is 9.56. The molecular weight excluding hydrogens is 232 g/mol.